The predicted octanol–water partition coefficient (Wildman–Crippen LogP) is 3.26. The molecule has 3 aromatic carbocycles. The van der Waals surface area contributed by atoms with Crippen LogP contribution >= 0.6 is 0 Å². The number of hydrogen-bond donors (Lipinski definition) is 1. The van der Waals surface area contributed by atoms with Crippen LogP contribution in [0, 0.1) is 0 Å². The van der Waals surface area contributed by atoms with Gasteiger partial charge in [0.15, 0.2) is 6.61 Å². The minimum atomic E-state index is -0.246. The molecule has 6 heteroatoms. The number of rotatable bonds is 7. The summed E-state index contributed by atoms with van der Waals surface area (Å²) in [6, 6.07) is 24.6. The van der Waals surface area contributed by atoms with Crippen LogP contribution in [0.25, 0.3) is 22.0 Å². The van der Waals surface area contributed by atoms with Crippen molar-refractivity contribution in [2.45, 2.75) is 6.54 Å². The summed E-state index contributed by atoms with van der Waals surface area (Å²) < 4.78 is 7.15. The fraction of sp³-hybridized carbons (Fsp3) is 0.125. The molecule has 6 nitrogen and oxygen atoms in total. The number of nitrogens with one attached hydrogen (secondary N) is 1. The molecule has 0 saturated carbocycles. The van der Waals surface area contributed by atoms with Crippen LogP contribution < -0.4 is 15.6 Å². The Bertz CT molecular complexity index is 1210. The molecule has 0 unspecified atom stereocenters. The van der Waals surface area contributed by atoms with Crippen LogP contribution in [-0.4, -0.2) is 28.6 Å². The highest BCUT2D eigenvalue weighted by Gasteiger charge is 2.07. The standard InChI is InChI=1S/C24H21N3O3/c28-23(16-30-22-12-6-10-18-7-4-5-11-20(18)22)25-13-14-27-17-26-21(15-24(27)29)19-8-2-1-3-9-19/h1-12,15,17H,13-14,16H2,(H,25,28). The number of benzene rings is 3. The van der Waals surface area contributed by atoms with E-state index in [9.17, 15) is 9.59 Å². The van der Waals surface area contributed by atoms with Gasteiger partial charge < -0.3 is 10.1 Å². The Hall–Kier alpha value is -3.93. The van der Waals surface area contributed by atoms with Crippen molar-refractivity contribution in [3.8, 4) is 17.0 Å². The molecule has 1 N–H and O–H groups in total. The molecule has 0 aliphatic rings. The Labute approximate surface area is 173 Å². The summed E-state index contributed by atoms with van der Waals surface area (Å²) in [6.07, 6.45) is 1.50. The molecule has 30 heavy (non-hydrogen) atoms. The Morgan fingerprint density at radius 2 is 1.73 bits per heavy atom. The molecule has 1 amide bonds. The fourth-order valence-electron chi connectivity index (χ4n) is 3.19. The SMILES string of the molecule is O=C(COc1cccc2ccccc12)NCCn1cnc(-c2ccccc2)cc1=O. The van der Waals surface area contributed by atoms with E-state index in [0.717, 1.165) is 16.3 Å². The van der Waals surface area contributed by atoms with Gasteiger partial charge in [-0.1, -0.05) is 66.7 Å². The zero-order valence-electron chi connectivity index (χ0n) is 16.3. The van der Waals surface area contributed by atoms with E-state index >= 15 is 0 Å². The van der Waals surface area contributed by atoms with Gasteiger partial charge in [-0.15, -0.1) is 0 Å². The van der Waals surface area contributed by atoms with Gasteiger partial charge in [-0.25, -0.2) is 4.98 Å². The summed E-state index contributed by atoms with van der Waals surface area (Å²) in [6.45, 7) is 0.555. The van der Waals surface area contributed by atoms with Gasteiger partial charge in [0, 0.05) is 30.1 Å². The molecule has 1 aromatic heterocycles. The first-order valence-electron chi connectivity index (χ1n) is 9.70. The lowest BCUT2D eigenvalue weighted by atomic mass is 10.1. The molecule has 0 radical (unpaired) electrons. The van der Waals surface area contributed by atoms with Crippen LogP contribution in [0.5, 0.6) is 5.75 Å². The van der Waals surface area contributed by atoms with Gasteiger partial charge in [0.25, 0.3) is 11.5 Å². The zero-order chi connectivity index (χ0) is 20.8. The number of nitrogens with zero attached hydrogens (tertiary/aromatic N) is 2. The molecule has 1 heterocycles. The molecule has 0 bridgehead atoms. The molecule has 0 fully saturated rings. The minimum absolute atomic E-state index is 0.0892. The third kappa shape index (κ3) is 4.55. The molecule has 150 valence electrons. The molecular weight excluding hydrogens is 378 g/mol. The quantitative estimate of drug-likeness (QED) is 0.518. The summed E-state index contributed by atoms with van der Waals surface area (Å²) in [5.41, 5.74) is 1.36. The normalized spacial score (nSPS) is 10.7. The Morgan fingerprint density at radius 3 is 2.57 bits per heavy atom. The van der Waals surface area contributed by atoms with E-state index in [4.69, 9.17) is 4.74 Å². The first-order valence-corrected chi connectivity index (χ1v) is 9.70. The molecule has 4 aromatic rings. The molecule has 0 aliphatic heterocycles. The van der Waals surface area contributed by atoms with Crippen LogP contribution in [0.15, 0.2) is 90.0 Å². The van der Waals surface area contributed by atoms with E-state index in [-0.39, 0.29) is 18.1 Å². The fourth-order valence-corrected chi connectivity index (χ4v) is 3.19. The van der Waals surface area contributed by atoms with Crippen molar-refractivity contribution in [3.05, 3.63) is 95.5 Å². The maximum Gasteiger partial charge on any atom is 0.258 e. The lowest BCUT2D eigenvalue weighted by Crippen LogP contribution is -2.33. The van der Waals surface area contributed by atoms with E-state index in [1.807, 2.05) is 72.8 Å². The average Bonchev–Trinajstić information content (AvgIpc) is 2.79. The van der Waals surface area contributed by atoms with Gasteiger partial charge in [-0.3, -0.25) is 14.2 Å². The van der Waals surface area contributed by atoms with Crippen molar-refractivity contribution in [2.75, 3.05) is 13.2 Å². The minimum Gasteiger partial charge on any atom is -0.483 e. The molecule has 0 spiro atoms. The van der Waals surface area contributed by atoms with Crippen molar-refractivity contribution < 1.29 is 9.53 Å². The summed E-state index contributed by atoms with van der Waals surface area (Å²) in [5.74, 6) is 0.421. The maximum absolute atomic E-state index is 12.3. The lowest BCUT2D eigenvalue weighted by molar-refractivity contribution is -0.123. The van der Waals surface area contributed by atoms with Crippen molar-refractivity contribution in [2.24, 2.45) is 0 Å². The summed E-state index contributed by atoms with van der Waals surface area (Å²) in [5, 5.41) is 4.79. The van der Waals surface area contributed by atoms with Gasteiger partial charge in [0.1, 0.15) is 5.75 Å². The van der Waals surface area contributed by atoms with E-state index in [1.165, 1.54) is 17.0 Å². The van der Waals surface area contributed by atoms with E-state index in [1.54, 1.807) is 0 Å². The second-order valence-corrected chi connectivity index (χ2v) is 6.79. The topological polar surface area (TPSA) is 73.2 Å². The third-order valence-electron chi connectivity index (χ3n) is 4.73. The monoisotopic (exact) mass is 399 g/mol. The molecule has 0 atom stereocenters. The molecule has 4 rings (SSSR count). The van der Waals surface area contributed by atoms with Crippen LogP contribution in [0.4, 0.5) is 0 Å². The zero-order valence-corrected chi connectivity index (χ0v) is 16.3. The number of carbonyl (C=O) groups is 1. The highest BCUT2D eigenvalue weighted by atomic mass is 16.5. The predicted molar refractivity (Wildman–Crippen MR) is 116 cm³/mol. The summed E-state index contributed by atoms with van der Waals surface area (Å²) in [7, 11) is 0. The molecular formula is C24H21N3O3. The number of fused-ring (bicyclic) bond motifs is 1. The van der Waals surface area contributed by atoms with E-state index in [2.05, 4.69) is 10.3 Å². The van der Waals surface area contributed by atoms with E-state index < -0.39 is 0 Å². The Balaban J connectivity index is 1.30. The summed E-state index contributed by atoms with van der Waals surface area (Å²) >= 11 is 0. The number of ether oxygens (including phenoxy) is 1. The van der Waals surface area contributed by atoms with Crippen molar-refractivity contribution in [3.63, 3.8) is 0 Å². The van der Waals surface area contributed by atoms with E-state index in [0.29, 0.717) is 24.5 Å². The first kappa shape index (κ1) is 19.4. The second-order valence-electron chi connectivity index (χ2n) is 6.79. The van der Waals surface area contributed by atoms with Crippen molar-refractivity contribution >= 4 is 16.7 Å². The van der Waals surface area contributed by atoms with Gasteiger partial charge in [0.05, 0.1) is 12.0 Å². The van der Waals surface area contributed by atoms with Gasteiger partial charge in [-0.05, 0) is 11.5 Å². The number of hydrogen-bond acceptors (Lipinski definition) is 4. The largest absolute Gasteiger partial charge is 0.483 e. The third-order valence-corrected chi connectivity index (χ3v) is 4.73. The second kappa shape index (κ2) is 9.05. The Morgan fingerprint density at radius 1 is 0.967 bits per heavy atom. The van der Waals surface area contributed by atoms with Crippen LogP contribution in [0.2, 0.25) is 0 Å². The first-order chi connectivity index (χ1) is 14.7. The highest BCUT2D eigenvalue weighted by molar-refractivity contribution is 5.88. The van der Waals surface area contributed by atoms with Crippen molar-refractivity contribution in [1.82, 2.24) is 14.9 Å². The van der Waals surface area contributed by atoms with Crippen LogP contribution in [0.3, 0.4) is 0 Å². The van der Waals surface area contributed by atoms with Gasteiger partial charge in [-0.2, -0.15) is 0 Å². The maximum atomic E-state index is 12.3. The van der Waals surface area contributed by atoms with Crippen LogP contribution in [-0.2, 0) is 11.3 Å². The average molecular weight is 399 g/mol. The number of amides is 1. The number of carbonyl (C=O) groups excluding carboxylic acids is 1. The molecule has 0 aliphatic carbocycles. The lowest BCUT2D eigenvalue weighted by Gasteiger charge is -2.10. The Kier molecular flexibility index (Phi) is 5.85. The highest BCUT2D eigenvalue weighted by Crippen LogP contribution is 2.24. The van der Waals surface area contributed by atoms with Gasteiger partial charge in [0.2, 0.25) is 0 Å². The molecule has 0 saturated heterocycles. The van der Waals surface area contributed by atoms with Crippen molar-refractivity contribution in [1.29, 1.82) is 0 Å². The smallest absolute Gasteiger partial charge is 0.258 e. The number of aromatic nitrogens is 2. The van der Waals surface area contributed by atoms with Gasteiger partial charge >= 0.3 is 0 Å². The summed E-state index contributed by atoms with van der Waals surface area (Å²) in [4.78, 5) is 28.8. The van der Waals surface area contributed by atoms with Crippen LogP contribution in [0.1, 0.15) is 0 Å².